The lowest BCUT2D eigenvalue weighted by Gasteiger charge is -2.11. The van der Waals surface area contributed by atoms with Gasteiger partial charge in [0.15, 0.2) is 5.69 Å². The second kappa shape index (κ2) is 5.02. The van der Waals surface area contributed by atoms with E-state index >= 15 is 0 Å². The molecule has 118 valence electrons. The van der Waals surface area contributed by atoms with Gasteiger partial charge in [0, 0.05) is 12.4 Å². The highest BCUT2D eigenvalue weighted by molar-refractivity contribution is 6.21. The Morgan fingerprint density at radius 3 is 2.21 bits per heavy atom. The first kappa shape index (κ1) is 14.1. The summed E-state index contributed by atoms with van der Waals surface area (Å²) in [5.74, 6) is -2.19. The SMILES string of the molecule is Cn1nc(C(=O)ON2C(=O)c3ccccc3C2=O)c2ccccc21. The number of hydroxylamine groups is 2. The van der Waals surface area contributed by atoms with E-state index in [2.05, 4.69) is 5.10 Å². The molecule has 4 rings (SSSR count). The number of para-hydroxylation sites is 1. The Kier molecular flexibility index (Phi) is 2.96. The van der Waals surface area contributed by atoms with Crippen LogP contribution >= 0.6 is 0 Å². The maximum atomic E-state index is 12.4. The van der Waals surface area contributed by atoms with Gasteiger partial charge < -0.3 is 4.84 Å². The molecule has 2 heterocycles. The van der Waals surface area contributed by atoms with Crippen molar-refractivity contribution in [1.82, 2.24) is 14.8 Å². The molecular weight excluding hydrogens is 310 g/mol. The minimum Gasteiger partial charge on any atom is -0.322 e. The molecule has 2 aromatic carbocycles. The van der Waals surface area contributed by atoms with Gasteiger partial charge in [-0.3, -0.25) is 14.3 Å². The van der Waals surface area contributed by atoms with Crippen molar-refractivity contribution in [3.8, 4) is 0 Å². The minimum absolute atomic E-state index is 0.0460. The van der Waals surface area contributed by atoms with Crippen molar-refractivity contribution in [3.63, 3.8) is 0 Å². The molecule has 0 aliphatic carbocycles. The van der Waals surface area contributed by atoms with Gasteiger partial charge in [-0.1, -0.05) is 35.4 Å². The molecule has 0 atom stereocenters. The van der Waals surface area contributed by atoms with Crippen molar-refractivity contribution < 1.29 is 19.2 Å². The molecule has 0 unspecified atom stereocenters. The lowest BCUT2D eigenvalue weighted by atomic mass is 10.1. The Morgan fingerprint density at radius 1 is 0.958 bits per heavy atom. The summed E-state index contributed by atoms with van der Waals surface area (Å²) in [6.07, 6.45) is 0. The molecule has 0 bridgehead atoms. The molecule has 2 amide bonds. The van der Waals surface area contributed by atoms with Gasteiger partial charge in [0.25, 0.3) is 11.8 Å². The Balaban J connectivity index is 1.68. The molecule has 3 aromatic rings. The van der Waals surface area contributed by atoms with Crippen LogP contribution in [0.4, 0.5) is 0 Å². The molecule has 0 saturated heterocycles. The van der Waals surface area contributed by atoms with Crippen LogP contribution in [0.15, 0.2) is 48.5 Å². The van der Waals surface area contributed by atoms with E-state index in [-0.39, 0.29) is 16.8 Å². The maximum Gasteiger partial charge on any atom is 0.384 e. The number of fused-ring (bicyclic) bond motifs is 2. The van der Waals surface area contributed by atoms with E-state index in [0.717, 1.165) is 5.52 Å². The van der Waals surface area contributed by atoms with E-state index in [4.69, 9.17) is 4.84 Å². The van der Waals surface area contributed by atoms with Crippen molar-refractivity contribution in [1.29, 1.82) is 0 Å². The summed E-state index contributed by atoms with van der Waals surface area (Å²) in [5, 5.41) is 5.19. The molecule has 0 radical (unpaired) electrons. The smallest absolute Gasteiger partial charge is 0.322 e. The third-order valence-electron chi connectivity index (χ3n) is 3.88. The highest BCUT2D eigenvalue weighted by Crippen LogP contribution is 2.24. The maximum absolute atomic E-state index is 12.4. The number of imide groups is 1. The molecule has 1 aromatic heterocycles. The Bertz CT molecular complexity index is 987. The largest absolute Gasteiger partial charge is 0.384 e. The predicted molar refractivity (Wildman–Crippen MR) is 83.1 cm³/mol. The van der Waals surface area contributed by atoms with Crippen molar-refractivity contribution in [3.05, 3.63) is 65.4 Å². The van der Waals surface area contributed by atoms with Crippen molar-refractivity contribution in [2.24, 2.45) is 7.05 Å². The van der Waals surface area contributed by atoms with E-state index in [1.807, 2.05) is 6.07 Å². The number of hydrogen-bond donors (Lipinski definition) is 0. The molecule has 0 saturated carbocycles. The first-order valence-electron chi connectivity index (χ1n) is 7.20. The van der Waals surface area contributed by atoms with Gasteiger partial charge in [-0.15, -0.1) is 0 Å². The van der Waals surface area contributed by atoms with E-state index in [1.54, 1.807) is 37.4 Å². The van der Waals surface area contributed by atoms with Gasteiger partial charge in [-0.2, -0.15) is 5.10 Å². The highest BCUT2D eigenvalue weighted by Gasteiger charge is 2.39. The molecule has 7 nitrogen and oxygen atoms in total. The normalized spacial score (nSPS) is 13.5. The van der Waals surface area contributed by atoms with E-state index in [1.165, 1.54) is 16.8 Å². The number of carbonyl (C=O) groups is 3. The summed E-state index contributed by atoms with van der Waals surface area (Å²) in [7, 11) is 1.70. The molecule has 0 fully saturated rings. The topological polar surface area (TPSA) is 81.5 Å². The molecule has 0 spiro atoms. The number of hydrogen-bond acceptors (Lipinski definition) is 5. The lowest BCUT2D eigenvalue weighted by Crippen LogP contribution is -2.32. The standard InChI is InChI=1S/C17H11N3O4/c1-19-13-9-5-4-8-12(13)14(18-19)17(23)24-20-15(21)10-6-2-3-7-11(10)16(20)22/h2-9H,1H3. The van der Waals surface area contributed by atoms with Crippen LogP contribution in [0.1, 0.15) is 31.2 Å². The van der Waals surface area contributed by atoms with Gasteiger partial charge >= 0.3 is 5.97 Å². The van der Waals surface area contributed by atoms with Crippen LogP contribution in [0, 0.1) is 0 Å². The number of aromatic nitrogens is 2. The van der Waals surface area contributed by atoms with Crippen LogP contribution in [0.5, 0.6) is 0 Å². The summed E-state index contributed by atoms with van der Waals surface area (Å²) in [6.45, 7) is 0. The van der Waals surface area contributed by atoms with E-state index in [0.29, 0.717) is 10.4 Å². The predicted octanol–water partition coefficient (Wildman–Crippen LogP) is 1.94. The third kappa shape index (κ3) is 1.91. The van der Waals surface area contributed by atoms with Gasteiger partial charge in [0.05, 0.1) is 16.6 Å². The second-order valence-corrected chi connectivity index (χ2v) is 5.32. The summed E-state index contributed by atoms with van der Waals surface area (Å²) in [5.41, 5.74) is 1.21. The zero-order valence-corrected chi connectivity index (χ0v) is 12.6. The fraction of sp³-hybridized carbons (Fsp3) is 0.0588. The van der Waals surface area contributed by atoms with E-state index < -0.39 is 17.8 Å². The third-order valence-corrected chi connectivity index (χ3v) is 3.88. The number of aryl methyl sites for hydroxylation is 1. The fourth-order valence-corrected chi connectivity index (χ4v) is 2.74. The molecular formula is C17H11N3O4. The van der Waals surface area contributed by atoms with Crippen molar-refractivity contribution in [2.45, 2.75) is 0 Å². The first-order valence-corrected chi connectivity index (χ1v) is 7.20. The number of amides is 2. The Labute approximate surface area is 136 Å². The average Bonchev–Trinajstić information content (AvgIpc) is 3.06. The van der Waals surface area contributed by atoms with Crippen LogP contribution in [0.25, 0.3) is 10.9 Å². The minimum atomic E-state index is -0.860. The molecule has 7 heteroatoms. The molecule has 1 aliphatic rings. The van der Waals surface area contributed by atoms with Crippen LogP contribution in [-0.2, 0) is 11.9 Å². The van der Waals surface area contributed by atoms with Gasteiger partial charge in [0.1, 0.15) is 0 Å². The van der Waals surface area contributed by atoms with Crippen LogP contribution in [0.3, 0.4) is 0 Å². The van der Waals surface area contributed by atoms with Crippen LogP contribution in [0.2, 0.25) is 0 Å². The number of benzene rings is 2. The summed E-state index contributed by atoms with van der Waals surface area (Å²) in [6, 6.07) is 13.4. The number of rotatable bonds is 2. The Morgan fingerprint density at radius 2 is 1.54 bits per heavy atom. The van der Waals surface area contributed by atoms with Crippen molar-refractivity contribution in [2.75, 3.05) is 0 Å². The molecule has 0 N–H and O–H groups in total. The highest BCUT2D eigenvalue weighted by atomic mass is 16.7. The monoisotopic (exact) mass is 321 g/mol. The average molecular weight is 321 g/mol. The first-order chi connectivity index (χ1) is 11.6. The van der Waals surface area contributed by atoms with Gasteiger partial charge in [-0.05, 0) is 18.2 Å². The summed E-state index contributed by atoms with van der Waals surface area (Å²) in [4.78, 5) is 42.0. The summed E-state index contributed by atoms with van der Waals surface area (Å²) < 4.78 is 1.54. The van der Waals surface area contributed by atoms with Crippen LogP contribution < -0.4 is 0 Å². The van der Waals surface area contributed by atoms with Gasteiger partial charge in [0.2, 0.25) is 0 Å². The zero-order chi connectivity index (χ0) is 16.8. The number of nitrogens with zero attached hydrogens (tertiary/aromatic N) is 3. The quantitative estimate of drug-likeness (QED) is 0.674. The second-order valence-electron chi connectivity index (χ2n) is 5.32. The fourth-order valence-electron chi connectivity index (χ4n) is 2.74. The zero-order valence-electron chi connectivity index (χ0n) is 12.6. The van der Waals surface area contributed by atoms with Gasteiger partial charge in [-0.25, -0.2) is 4.79 Å². The molecule has 24 heavy (non-hydrogen) atoms. The lowest BCUT2D eigenvalue weighted by molar-refractivity contribution is -0.0587. The Hall–Kier alpha value is -3.48. The molecule has 1 aliphatic heterocycles. The van der Waals surface area contributed by atoms with E-state index in [9.17, 15) is 14.4 Å². The van der Waals surface area contributed by atoms with Crippen LogP contribution in [-0.4, -0.2) is 32.6 Å². The number of carbonyl (C=O) groups excluding carboxylic acids is 3. The van der Waals surface area contributed by atoms with Crippen molar-refractivity contribution >= 4 is 28.7 Å². The summed E-state index contributed by atoms with van der Waals surface area (Å²) >= 11 is 0.